The summed E-state index contributed by atoms with van der Waals surface area (Å²) in [5.74, 6) is 2.06. The van der Waals surface area contributed by atoms with Crippen molar-refractivity contribution in [2.45, 2.75) is 70.6 Å². The largest absolute Gasteiger partial charge is 0.294 e. The number of rotatable bonds is 9. The van der Waals surface area contributed by atoms with Crippen molar-refractivity contribution < 1.29 is 13.0 Å². The second-order valence-corrected chi connectivity index (χ2v) is 14.6. The molecule has 0 aliphatic rings. The van der Waals surface area contributed by atoms with E-state index >= 15 is 0 Å². The first-order chi connectivity index (χ1) is 10.9. The van der Waals surface area contributed by atoms with Gasteiger partial charge in [-0.3, -0.25) is 4.55 Å². The topological polar surface area (TPSA) is 54.4 Å². The van der Waals surface area contributed by atoms with Crippen molar-refractivity contribution in [3.63, 3.8) is 0 Å². The van der Waals surface area contributed by atoms with Crippen molar-refractivity contribution in [3.05, 3.63) is 29.8 Å². The third-order valence-corrected chi connectivity index (χ3v) is 11.4. The lowest BCUT2D eigenvalue weighted by molar-refractivity contribution is 0.483. The maximum Gasteiger partial charge on any atom is 0.294 e. The first-order valence-electron chi connectivity index (χ1n) is 9.00. The fourth-order valence-electron chi connectivity index (χ4n) is 4.28. The van der Waals surface area contributed by atoms with Gasteiger partial charge in [-0.15, -0.1) is 0 Å². The average molecular weight is 371 g/mol. The van der Waals surface area contributed by atoms with E-state index in [-0.39, 0.29) is 4.90 Å². The van der Waals surface area contributed by atoms with E-state index in [2.05, 4.69) is 41.5 Å². The van der Waals surface area contributed by atoms with Crippen LogP contribution >= 0.6 is 0 Å². The Morgan fingerprint density at radius 2 is 1.21 bits per heavy atom. The summed E-state index contributed by atoms with van der Waals surface area (Å²) < 4.78 is 31.6. The normalized spacial score (nSPS) is 13.2. The van der Waals surface area contributed by atoms with Crippen LogP contribution in [0.25, 0.3) is 0 Å². The van der Waals surface area contributed by atoms with Crippen LogP contribution in [0.2, 0.25) is 18.1 Å². The van der Waals surface area contributed by atoms with E-state index in [9.17, 15) is 8.42 Å². The lowest BCUT2D eigenvalue weighted by atomic mass is 10.2. The van der Waals surface area contributed by atoms with E-state index in [1.54, 1.807) is 0 Å². The van der Waals surface area contributed by atoms with Gasteiger partial charge >= 0.3 is 0 Å². The van der Waals surface area contributed by atoms with Crippen molar-refractivity contribution in [2.24, 2.45) is 17.8 Å². The van der Waals surface area contributed by atoms with Crippen molar-refractivity contribution in [1.29, 1.82) is 0 Å². The zero-order chi connectivity index (χ0) is 18.5. The first kappa shape index (κ1) is 21.4. The Morgan fingerprint density at radius 1 is 0.833 bits per heavy atom. The molecule has 24 heavy (non-hydrogen) atoms. The van der Waals surface area contributed by atoms with Gasteiger partial charge in [0.05, 0.1) is 13.0 Å². The summed E-state index contributed by atoms with van der Waals surface area (Å²) in [4.78, 5) is -0.0184. The molecule has 0 unspecified atom stereocenters. The van der Waals surface area contributed by atoms with Crippen LogP contribution in [0.4, 0.5) is 0 Å². The molecule has 0 radical (unpaired) electrons. The van der Waals surface area contributed by atoms with Crippen LogP contribution in [0.15, 0.2) is 29.2 Å². The minimum Gasteiger partial charge on any atom is -0.282 e. The van der Waals surface area contributed by atoms with Crippen LogP contribution < -0.4 is 0 Å². The predicted molar refractivity (Wildman–Crippen MR) is 105 cm³/mol. The molecule has 0 saturated heterocycles. The Balaban J connectivity index is 3.13. The van der Waals surface area contributed by atoms with Crippen LogP contribution in [-0.4, -0.2) is 21.0 Å². The van der Waals surface area contributed by atoms with Crippen LogP contribution in [0.5, 0.6) is 0 Å². The molecule has 0 spiro atoms. The predicted octanol–water partition coefficient (Wildman–Crippen LogP) is 5.43. The second-order valence-electron chi connectivity index (χ2n) is 8.59. The van der Waals surface area contributed by atoms with Crippen LogP contribution in [0.1, 0.15) is 47.1 Å². The fourth-order valence-corrected chi connectivity index (χ4v) is 12.0. The van der Waals surface area contributed by atoms with Gasteiger partial charge in [-0.25, -0.2) is 0 Å². The van der Waals surface area contributed by atoms with E-state index in [1.807, 2.05) is 12.1 Å². The zero-order valence-corrected chi connectivity index (χ0v) is 17.9. The summed E-state index contributed by atoms with van der Waals surface area (Å²) in [6.45, 7) is 13.9. The Labute approximate surface area is 149 Å². The average Bonchev–Trinajstić information content (AvgIpc) is 2.34. The fraction of sp³-hybridized carbons (Fsp3) is 0.684. The minimum atomic E-state index is -4.11. The molecular formula is C19H34O3SSi. The Hall–Kier alpha value is -0.653. The van der Waals surface area contributed by atoms with Crippen molar-refractivity contribution in [3.8, 4) is 0 Å². The molecule has 0 saturated carbocycles. The summed E-state index contributed by atoms with van der Waals surface area (Å²) in [7, 11) is -5.61. The molecule has 0 heterocycles. The molecule has 5 heteroatoms. The third-order valence-electron chi connectivity index (χ3n) is 4.32. The van der Waals surface area contributed by atoms with E-state index in [4.69, 9.17) is 4.55 Å². The van der Waals surface area contributed by atoms with E-state index in [0.717, 1.165) is 6.04 Å². The molecule has 1 N–H and O–H groups in total. The molecule has 1 rings (SSSR count). The summed E-state index contributed by atoms with van der Waals surface area (Å²) in [6, 6.07) is 11.8. The highest BCUT2D eigenvalue weighted by molar-refractivity contribution is 7.85. The highest BCUT2D eigenvalue weighted by Gasteiger charge is 2.35. The van der Waals surface area contributed by atoms with Gasteiger partial charge in [0.25, 0.3) is 10.1 Å². The first-order valence-corrected chi connectivity index (χ1v) is 13.3. The molecule has 0 bridgehead atoms. The Bertz CT molecular complexity index is 577. The summed E-state index contributed by atoms with van der Waals surface area (Å²) in [5.41, 5.74) is 1.20. The van der Waals surface area contributed by atoms with Gasteiger partial charge in [-0.05, 0) is 35.9 Å². The lowest BCUT2D eigenvalue weighted by Gasteiger charge is -2.37. The summed E-state index contributed by atoms with van der Waals surface area (Å²) in [6.07, 6.45) is 0. The molecule has 1 aromatic carbocycles. The second kappa shape index (κ2) is 8.63. The van der Waals surface area contributed by atoms with E-state index < -0.39 is 18.2 Å². The summed E-state index contributed by atoms with van der Waals surface area (Å²) >= 11 is 0. The Kier molecular flexibility index (Phi) is 7.69. The summed E-state index contributed by atoms with van der Waals surface area (Å²) in [5, 5.41) is 0. The maximum absolute atomic E-state index is 11.2. The maximum atomic E-state index is 11.2. The molecule has 0 atom stereocenters. The molecule has 0 aliphatic carbocycles. The van der Waals surface area contributed by atoms with Gasteiger partial charge in [-0.2, -0.15) is 8.42 Å². The van der Waals surface area contributed by atoms with Crippen molar-refractivity contribution >= 4 is 18.2 Å². The van der Waals surface area contributed by atoms with Gasteiger partial charge in [0.2, 0.25) is 0 Å². The highest BCUT2D eigenvalue weighted by Crippen LogP contribution is 2.35. The minimum absolute atomic E-state index is 0.0184. The SMILES string of the molecule is CC(C)C[Si](Cc1ccc(S(=O)(=O)O)cc1)(CC(C)C)CC(C)C. The molecule has 0 amide bonds. The van der Waals surface area contributed by atoms with Gasteiger partial charge in [0.15, 0.2) is 0 Å². The highest BCUT2D eigenvalue weighted by atomic mass is 32.2. The molecule has 0 aromatic heterocycles. The third kappa shape index (κ3) is 7.07. The van der Waals surface area contributed by atoms with Crippen LogP contribution in [0.3, 0.4) is 0 Å². The van der Waals surface area contributed by atoms with Gasteiger partial charge < -0.3 is 0 Å². The van der Waals surface area contributed by atoms with Crippen LogP contribution in [0, 0.1) is 17.8 Å². The molecule has 138 valence electrons. The van der Waals surface area contributed by atoms with Gasteiger partial charge in [0.1, 0.15) is 0 Å². The van der Waals surface area contributed by atoms with Crippen LogP contribution in [-0.2, 0) is 16.2 Å². The lowest BCUT2D eigenvalue weighted by Crippen LogP contribution is -2.41. The molecule has 0 aliphatic heterocycles. The number of hydrogen-bond donors (Lipinski definition) is 1. The number of hydrogen-bond acceptors (Lipinski definition) is 2. The monoisotopic (exact) mass is 370 g/mol. The van der Waals surface area contributed by atoms with Gasteiger partial charge in [-0.1, -0.05) is 77.4 Å². The molecule has 1 aromatic rings. The number of benzene rings is 1. The van der Waals surface area contributed by atoms with Crippen molar-refractivity contribution in [1.82, 2.24) is 0 Å². The quantitative estimate of drug-likeness (QED) is 0.465. The van der Waals surface area contributed by atoms with E-state index in [1.165, 1.54) is 35.8 Å². The Morgan fingerprint density at radius 3 is 1.50 bits per heavy atom. The molecule has 3 nitrogen and oxygen atoms in total. The van der Waals surface area contributed by atoms with Gasteiger partial charge in [0, 0.05) is 0 Å². The molecular weight excluding hydrogens is 336 g/mol. The molecule has 0 fully saturated rings. The van der Waals surface area contributed by atoms with E-state index in [0.29, 0.717) is 17.8 Å². The van der Waals surface area contributed by atoms with Crippen molar-refractivity contribution in [2.75, 3.05) is 0 Å². The standard InChI is InChI=1S/C19H34O3SSi/c1-15(2)11-24(12-16(3)4,13-17(5)6)14-18-7-9-19(10-8-18)23(20,21)22/h7-10,15-17H,11-14H2,1-6H3,(H,20,21,22). The smallest absolute Gasteiger partial charge is 0.282 e. The zero-order valence-electron chi connectivity index (χ0n) is 16.0.